The summed E-state index contributed by atoms with van der Waals surface area (Å²) in [5, 5.41) is 7.00. The molecule has 14 heteroatoms. The van der Waals surface area contributed by atoms with Crippen molar-refractivity contribution in [1.29, 1.82) is 0 Å². The fourth-order valence-corrected chi connectivity index (χ4v) is 6.21. The number of ether oxygens (including phenoxy) is 1. The maximum Gasteiger partial charge on any atom is 0.416 e. The van der Waals surface area contributed by atoms with Crippen molar-refractivity contribution in [3.63, 3.8) is 0 Å². The molecule has 0 saturated carbocycles. The number of rotatable bonds is 6. The molecule has 1 saturated heterocycles. The first-order chi connectivity index (χ1) is 21.3. The van der Waals surface area contributed by atoms with Crippen LogP contribution in [-0.2, 0) is 40.9 Å². The van der Waals surface area contributed by atoms with E-state index in [9.17, 15) is 22.8 Å². The van der Waals surface area contributed by atoms with Crippen LogP contribution in [0.2, 0.25) is 5.02 Å². The number of carbonyl (C=O) groups excluding carboxylic acids is 1. The highest BCUT2D eigenvalue weighted by Crippen LogP contribution is 2.38. The van der Waals surface area contributed by atoms with Gasteiger partial charge in [-0.25, -0.2) is 0 Å². The number of hydrogen-bond donors (Lipinski definition) is 1. The van der Waals surface area contributed by atoms with Gasteiger partial charge in [-0.05, 0) is 62.7 Å². The number of likely N-dealkylation sites (N-methyl/N-ethyl adjacent to an activating group) is 1. The summed E-state index contributed by atoms with van der Waals surface area (Å²) in [4.78, 5) is 36.4. The molecule has 10 nitrogen and oxygen atoms in total. The van der Waals surface area contributed by atoms with E-state index < -0.39 is 23.2 Å². The lowest BCUT2D eigenvalue weighted by Crippen LogP contribution is -2.47. The quantitative estimate of drug-likeness (QED) is 0.318. The number of halogens is 4. The van der Waals surface area contributed by atoms with Gasteiger partial charge in [0.15, 0.2) is 5.82 Å². The van der Waals surface area contributed by atoms with E-state index in [-0.39, 0.29) is 28.6 Å². The number of aromatic nitrogens is 4. The molecular weight excluding hydrogens is 611 g/mol. The molecule has 1 amide bonds. The molecule has 4 heterocycles. The molecule has 0 radical (unpaired) electrons. The third-order valence-corrected chi connectivity index (χ3v) is 8.77. The molecule has 2 aromatic heterocycles. The maximum absolute atomic E-state index is 14.1. The lowest BCUT2D eigenvalue weighted by molar-refractivity contribution is -0.137. The van der Waals surface area contributed by atoms with Gasteiger partial charge in [0.2, 0.25) is 11.7 Å². The Morgan fingerprint density at radius 2 is 1.84 bits per heavy atom. The highest BCUT2D eigenvalue weighted by molar-refractivity contribution is 6.33. The van der Waals surface area contributed by atoms with Crippen molar-refractivity contribution < 1.29 is 22.7 Å². The molecule has 45 heavy (non-hydrogen) atoms. The van der Waals surface area contributed by atoms with E-state index in [1.165, 1.54) is 4.52 Å². The highest BCUT2D eigenvalue weighted by Gasteiger charge is 2.33. The van der Waals surface area contributed by atoms with Crippen LogP contribution in [0.1, 0.15) is 43.2 Å². The summed E-state index contributed by atoms with van der Waals surface area (Å²) in [6, 6.07) is 8.56. The van der Waals surface area contributed by atoms with Crippen molar-refractivity contribution in [3.05, 3.63) is 74.2 Å². The van der Waals surface area contributed by atoms with Crippen LogP contribution < -0.4 is 15.8 Å². The minimum absolute atomic E-state index is 0.0366. The van der Waals surface area contributed by atoms with Crippen LogP contribution in [0.5, 0.6) is 0 Å². The van der Waals surface area contributed by atoms with Crippen LogP contribution in [-0.4, -0.2) is 63.2 Å². The number of benzene rings is 2. The van der Waals surface area contributed by atoms with Crippen molar-refractivity contribution in [1.82, 2.24) is 24.1 Å². The van der Waals surface area contributed by atoms with Gasteiger partial charge in [0.25, 0.3) is 5.56 Å². The molecule has 0 aliphatic carbocycles. The second-order valence-corrected chi connectivity index (χ2v) is 12.3. The van der Waals surface area contributed by atoms with E-state index in [1.54, 1.807) is 4.57 Å². The predicted octanol–water partition coefficient (Wildman–Crippen LogP) is 4.95. The zero-order chi connectivity index (χ0) is 32.3. The summed E-state index contributed by atoms with van der Waals surface area (Å²) in [7, 11) is 2.02. The van der Waals surface area contributed by atoms with Gasteiger partial charge < -0.3 is 24.4 Å². The molecule has 0 bridgehead atoms. The number of amides is 1. The average Bonchev–Trinajstić information content (AvgIpc) is 3.57. The van der Waals surface area contributed by atoms with E-state index in [0.717, 1.165) is 42.4 Å². The molecule has 4 aromatic rings. The number of piperazine rings is 1. The van der Waals surface area contributed by atoms with Crippen molar-refractivity contribution in [3.8, 4) is 11.4 Å². The number of alkyl halides is 3. The molecule has 1 N–H and O–H groups in total. The Balaban J connectivity index is 1.43. The molecule has 2 aliphatic rings. The van der Waals surface area contributed by atoms with Crippen molar-refractivity contribution in [2.24, 2.45) is 0 Å². The Morgan fingerprint density at radius 1 is 1.11 bits per heavy atom. The lowest BCUT2D eigenvalue weighted by Gasteiger charge is -2.35. The number of nitrogens with one attached hydrogen (secondary N) is 1. The molecule has 2 aliphatic heterocycles. The Kier molecular flexibility index (Phi) is 7.90. The number of anilines is 2. The summed E-state index contributed by atoms with van der Waals surface area (Å²) < 4.78 is 48.2. The monoisotopic (exact) mass is 643 g/mol. The summed E-state index contributed by atoms with van der Waals surface area (Å²) in [6.45, 7) is 8.79. The fraction of sp³-hybridized carbons (Fsp3) is 0.419. The van der Waals surface area contributed by atoms with Gasteiger partial charge in [-0.2, -0.15) is 22.7 Å². The van der Waals surface area contributed by atoms with E-state index in [4.69, 9.17) is 21.3 Å². The Hall–Kier alpha value is -3.94. The van der Waals surface area contributed by atoms with Crippen molar-refractivity contribution in [2.75, 3.05) is 43.4 Å². The molecule has 0 spiro atoms. The molecule has 1 fully saturated rings. The normalized spacial score (nSPS) is 16.8. The lowest BCUT2D eigenvalue weighted by atomic mass is 9.94. The topological polar surface area (TPSA) is 97.0 Å². The Bertz CT molecular complexity index is 1860. The first-order valence-electron chi connectivity index (χ1n) is 14.7. The van der Waals surface area contributed by atoms with Crippen LogP contribution in [0, 0.1) is 0 Å². The molecule has 0 atom stereocenters. The van der Waals surface area contributed by atoms with Crippen LogP contribution in [0.25, 0.3) is 17.2 Å². The Morgan fingerprint density at radius 3 is 2.51 bits per heavy atom. The van der Waals surface area contributed by atoms with Crippen LogP contribution in [0.15, 0.2) is 41.2 Å². The third kappa shape index (κ3) is 5.80. The number of carbonyl (C=O) groups is 1. The minimum Gasteiger partial charge on any atom is -0.366 e. The summed E-state index contributed by atoms with van der Waals surface area (Å²) in [5.41, 5.74) is 2.19. The zero-order valence-corrected chi connectivity index (χ0v) is 26.1. The van der Waals surface area contributed by atoms with Gasteiger partial charge in [-0.15, -0.1) is 5.10 Å². The summed E-state index contributed by atoms with van der Waals surface area (Å²) in [5.74, 6) is -0.0599. The number of nitrogens with zero attached hydrogens (tertiary/aromatic N) is 6. The zero-order valence-electron chi connectivity index (χ0n) is 25.3. The van der Waals surface area contributed by atoms with E-state index in [1.807, 2.05) is 50.9 Å². The molecule has 6 rings (SSSR count). The molecule has 0 unspecified atom stereocenters. The number of hydrogen-bond acceptors (Lipinski definition) is 7. The fourth-order valence-electron chi connectivity index (χ4n) is 5.98. The Labute approximate surface area is 262 Å². The first kappa shape index (κ1) is 31.1. The van der Waals surface area contributed by atoms with E-state index >= 15 is 0 Å². The van der Waals surface area contributed by atoms with Crippen LogP contribution >= 0.6 is 11.6 Å². The summed E-state index contributed by atoms with van der Waals surface area (Å²) >= 11 is 6.12. The molecule has 2 aromatic carbocycles. The number of fused-ring (bicyclic) bond motifs is 2. The predicted molar refractivity (Wildman–Crippen MR) is 165 cm³/mol. The first-order valence-corrected chi connectivity index (χ1v) is 15.0. The van der Waals surface area contributed by atoms with Gasteiger partial charge >= 0.3 is 6.18 Å². The highest BCUT2D eigenvalue weighted by atomic mass is 35.5. The minimum atomic E-state index is -4.57. The standard InChI is InChI=1S/C31H33ClF3N7O3/c1-5-24-26(40-12-10-39(4)11-13-40)28(44)42-29(37-27(38-42)18-6-8-21-19(14-18)17-45-30(21,2)3)41(24)16-25(43)36-23-9-7-20(15-22(23)32)31(33,34)35/h6-9,14-15H,5,10-13,16-17H2,1-4H3,(H,36,43). The molecule has 238 valence electrons. The maximum atomic E-state index is 14.1. The smallest absolute Gasteiger partial charge is 0.366 e. The average molecular weight is 644 g/mol. The third-order valence-electron chi connectivity index (χ3n) is 8.45. The second kappa shape index (κ2) is 11.5. The SMILES string of the molecule is CCc1c(N2CCN(C)CC2)c(=O)n2nc(-c3ccc4c(c3)COC4(C)C)nc2n1CC(=O)Nc1ccc(C(F)(F)F)cc1Cl. The summed E-state index contributed by atoms with van der Waals surface area (Å²) in [6.07, 6.45) is -4.16. The van der Waals surface area contributed by atoms with Crippen LogP contribution in [0.4, 0.5) is 24.5 Å². The van der Waals surface area contributed by atoms with Gasteiger partial charge in [0.1, 0.15) is 12.2 Å². The van der Waals surface area contributed by atoms with E-state index in [0.29, 0.717) is 48.9 Å². The van der Waals surface area contributed by atoms with E-state index in [2.05, 4.69) is 15.3 Å². The van der Waals surface area contributed by atoms with Gasteiger partial charge in [0.05, 0.1) is 34.2 Å². The molecular formula is C31H33ClF3N7O3. The van der Waals surface area contributed by atoms with Gasteiger partial charge in [0, 0.05) is 31.7 Å². The largest absolute Gasteiger partial charge is 0.416 e. The van der Waals surface area contributed by atoms with Crippen molar-refractivity contribution in [2.45, 2.75) is 52.1 Å². The van der Waals surface area contributed by atoms with Gasteiger partial charge in [-0.1, -0.05) is 30.7 Å². The van der Waals surface area contributed by atoms with Crippen molar-refractivity contribution >= 4 is 34.7 Å². The van der Waals surface area contributed by atoms with Gasteiger partial charge in [-0.3, -0.25) is 9.59 Å². The van der Waals surface area contributed by atoms with Crippen LogP contribution in [0.3, 0.4) is 0 Å². The second-order valence-electron chi connectivity index (χ2n) is 11.9.